The van der Waals surface area contributed by atoms with E-state index in [9.17, 15) is 14.7 Å². The second-order valence-corrected chi connectivity index (χ2v) is 2.78. The number of rotatable bonds is 1. The number of carbonyl (C=O) groups excluding carboxylic acids is 1. The fraction of sp³-hybridized carbons (Fsp3) is 0.667. The Morgan fingerprint density at radius 1 is 1.67 bits per heavy atom. The van der Waals surface area contributed by atoms with E-state index in [0.717, 1.165) is 6.92 Å². The Bertz CT molecular complexity index is 232. The summed E-state index contributed by atoms with van der Waals surface area (Å²) in [5, 5.41) is 26.7. The molecule has 0 saturated carbocycles. The molecular weight excluding hydrogens is 168 g/mol. The summed E-state index contributed by atoms with van der Waals surface area (Å²) in [6.45, 7) is 1.03. The number of carboxylic acid groups (broad SMARTS) is 1. The number of cyclic esters (lactones) is 1. The zero-order valence-corrected chi connectivity index (χ0v) is 6.22. The van der Waals surface area contributed by atoms with E-state index in [-0.39, 0.29) is 0 Å². The quantitative estimate of drug-likeness (QED) is 0.403. The second-order valence-electron chi connectivity index (χ2n) is 2.78. The van der Waals surface area contributed by atoms with Crippen molar-refractivity contribution in [2.45, 2.75) is 24.7 Å². The summed E-state index contributed by atoms with van der Waals surface area (Å²) < 4.78 is 4.21. The van der Waals surface area contributed by atoms with E-state index in [1.54, 1.807) is 0 Å². The van der Waals surface area contributed by atoms with Crippen LogP contribution in [0.4, 0.5) is 0 Å². The second kappa shape index (κ2) is 2.43. The zero-order valence-electron chi connectivity index (χ0n) is 6.22. The summed E-state index contributed by atoms with van der Waals surface area (Å²) in [6.07, 6.45) is -3.49. The first kappa shape index (κ1) is 8.95. The summed E-state index contributed by atoms with van der Waals surface area (Å²) in [5.74, 6) is -2.60. The molecule has 0 radical (unpaired) electrons. The predicted octanol–water partition coefficient (Wildman–Crippen LogP) is -1.89. The molecule has 6 nitrogen and oxygen atoms in total. The van der Waals surface area contributed by atoms with Crippen LogP contribution < -0.4 is 0 Å². The van der Waals surface area contributed by atoms with Gasteiger partial charge in [0.05, 0.1) is 0 Å². The highest BCUT2D eigenvalue weighted by Crippen LogP contribution is 2.26. The van der Waals surface area contributed by atoms with Crippen LogP contribution in [0.5, 0.6) is 0 Å². The summed E-state index contributed by atoms with van der Waals surface area (Å²) >= 11 is 0. The number of ether oxygens (including phenoxy) is 1. The van der Waals surface area contributed by atoms with E-state index in [2.05, 4.69) is 4.74 Å². The van der Waals surface area contributed by atoms with Gasteiger partial charge in [0.15, 0.2) is 6.10 Å². The summed E-state index contributed by atoms with van der Waals surface area (Å²) in [4.78, 5) is 21.0. The van der Waals surface area contributed by atoms with Gasteiger partial charge in [-0.15, -0.1) is 0 Å². The summed E-state index contributed by atoms with van der Waals surface area (Å²) in [5.41, 5.74) is -2.05. The number of esters is 1. The molecule has 1 aliphatic rings. The third kappa shape index (κ3) is 1.05. The van der Waals surface area contributed by atoms with Crippen LogP contribution in [-0.2, 0) is 14.3 Å². The molecule has 0 unspecified atom stereocenters. The summed E-state index contributed by atoms with van der Waals surface area (Å²) in [6, 6.07) is 0. The van der Waals surface area contributed by atoms with Gasteiger partial charge in [-0.2, -0.15) is 0 Å². The molecule has 1 saturated heterocycles. The molecule has 6 heteroatoms. The number of hydrogen-bond acceptors (Lipinski definition) is 5. The predicted molar refractivity (Wildman–Crippen MR) is 34.1 cm³/mol. The molecule has 0 spiro atoms. The van der Waals surface area contributed by atoms with E-state index in [0.29, 0.717) is 0 Å². The first-order valence-corrected chi connectivity index (χ1v) is 3.21. The van der Waals surface area contributed by atoms with Crippen molar-refractivity contribution in [3.05, 3.63) is 0 Å². The fourth-order valence-corrected chi connectivity index (χ4v) is 0.982. The lowest BCUT2D eigenvalue weighted by atomic mass is 9.96. The van der Waals surface area contributed by atoms with Crippen molar-refractivity contribution < 1.29 is 29.6 Å². The van der Waals surface area contributed by atoms with E-state index in [1.807, 2.05) is 0 Å². The Labute approximate surface area is 67.4 Å². The van der Waals surface area contributed by atoms with E-state index in [4.69, 9.17) is 10.2 Å². The Morgan fingerprint density at radius 2 is 2.17 bits per heavy atom. The largest absolute Gasteiger partial charge is 0.478 e. The van der Waals surface area contributed by atoms with Crippen LogP contribution in [0.1, 0.15) is 6.92 Å². The topological polar surface area (TPSA) is 104 Å². The van der Waals surface area contributed by atoms with Crippen LogP contribution >= 0.6 is 0 Å². The van der Waals surface area contributed by atoms with Crippen LogP contribution in [-0.4, -0.2) is 45.1 Å². The highest BCUT2D eigenvalue weighted by Gasteiger charge is 2.56. The first-order chi connectivity index (χ1) is 5.37. The Balaban J connectivity index is 2.95. The number of aliphatic carboxylic acids is 1. The molecule has 1 aliphatic heterocycles. The van der Waals surface area contributed by atoms with Crippen molar-refractivity contribution in [3.8, 4) is 0 Å². The highest BCUT2D eigenvalue weighted by molar-refractivity contribution is 5.87. The van der Waals surface area contributed by atoms with Crippen molar-refractivity contribution in [3.63, 3.8) is 0 Å². The van der Waals surface area contributed by atoms with Gasteiger partial charge in [-0.1, -0.05) is 0 Å². The molecule has 3 atom stereocenters. The lowest BCUT2D eigenvalue weighted by Gasteiger charge is -2.20. The SMILES string of the molecule is C[C@@]1(O)[C@H](O)C(=O)O[C@@H]1C(=O)O. The van der Waals surface area contributed by atoms with Gasteiger partial charge in [-0.25, -0.2) is 9.59 Å². The molecule has 68 valence electrons. The van der Waals surface area contributed by atoms with Crippen molar-refractivity contribution in [1.29, 1.82) is 0 Å². The number of carboxylic acids is 1. The number of aliphatic hydroxyl groups excluding tert-OH is 1. The van der Waals surface area contributed by atoms with Gasteiger partial charge in [-0.3, -0.25) is 0 Å². The van der Waals surface area contributed by atoms with Crippen molar-refractivity contribution in [2.24, 2.45) is 0 Å². The van der Waals surface area contributed by atoms with E-state index in [1.165, 1.54) is 0 Å². The lowest BCUT2D eigenvalue weighted by molar-refractivity contribution is -0.163. The zero-order chi connectivity index (χ0) is 9.52. The molecule has 0 aromatic rings. The molecule has 0 aliphatic carbocycles. The molecule has 1 fully saturated rings. The van der Waals surface area contributed by atoms with Gasteiger partial charge >= 0.3 is 11.9 Å². The molecule has 12 heavy (non-hydrogen) atoms. The molecule has 0 bridgehead atoms. The minimum absolute atomic E-state index is 1.03. The Hall–Kier alpha value is -1.14. The maximum absolute atomic E-state index is 10.6. The van der Waals surface area contributed by atoms with Crippen molar-refractivity contribution in [1.82, 2.24) is 0 Å². The van der Waals surface area contributed by atoms with Crippen LogP contribution in [0.25, 0.3) is 0 Å². The molecule has 0 amide bonds. The highest BCUT2D eigenvalue weighted by atomic mass is 16.6. The lowest BCUT2D eigenvalue weighted by Crippen LogP contribution is -2.48. The van der Waals surface area contributed by atoms with Gasteiger partial charge < -0.3 is 20.1 Å². The van der Waals surface area contributed by atoms with Crippen LogP contribution in [0.3, 0.4) is 0 Å². The van der Waals surface area contributed by atoms with Crippen LogP contribution in [0.15, 0.2) is 0 Å². The standard InChI is InChI=1S/C6H8O6/c1-6(11)2(7)5(10)12-3(6)4(8)9/h2-3,7,11H,1H3,(H,8,9)/t2-,3-,6-/m1/s1. The average Bonchev–Trinajstić information content (AvgIpc) is 2.13. The molecular formula is C6H8O6. The van der Waals surface area contributed by atoms with E-state index >= 15 is 0 Å². The smallest absolute Gasteiger partial charge is 0.348 e. The number of aliphatic hydroxyl groups is 2. The van der Waals surface area contributed by atoms with Gasteiger partial charge in [0.2, 0.25) is 6.10 Å². The number of hydrogen-bond donors (Lipinski definition) is 3. The third-order valence-electron chi connectivity index (χ3n) is 1.77. The van der Waals surface area contributed by atoms with Gasteiger partial charge in [-0.05, 0) is 6.92 Å². The van der Waals surface area contributed by atoms with Crippen molar-refractivity contribution >= 4 is 11.9 Å². The molecule has 0 aromatic carbocycles. The normalized spacial score (nSPS) is 41.1. The minimum atomic E-state index is -2.05. The van der Waals surface area contributed by atoms with Gasteiger partial charge in [0.1, 0.15) is 5.60 Å². The first-order valence-electron chi connectivity index (χ1n) is 3.21. The maximum Gasteiger partial charge on any atom is 0.348 e. The van der Waals surface area contributed by atoms with Crippen LogP contribution in [0.2, 0.25) is 0 Å². The Kier molecular flexibility index (Phi) is 1.81. The monoisotopic (exact) mass is 176 g/mol. The van der Waals surface area contributed by atoms with Gasteiger partial charge in [0.25, 0.3) is 0 Å². The summed E-state index contributed by atoms with van der Waals surface area (Å²) in [7, 11) is 0. The average molecular weight is 176 g/mol. The Morgan fingerprint density at radius 3 is 2.33 bits per heavy atom. The maximum atomic E-state index is 10.6. The minimum Gasteiger partial charge on any atom is -0.478 e. The van der Waals surface area contributed by atoms with Crippen LogP contribution in [0, 0.1) is 0 Å². The third-order valence-corrected chi connectivity index (χ3v) is 1.77. The van der Waals surface area contributed by atoms with Gasteiger partial charge in [0, 0.05) is 0 Å². The molecule has 1 rings (SSSR count). The van der Waals surface area contributed by atoms with E-state index < -0.39 is 29.7 Å². The molecule has 1 heterocycles. The van der Waals surface area contributed by atoms with Crippen molar-refractivity contribution in [2.75, 3.05) is 0 Å². The number of carbonyl (C=O) groups is 2. The fourth-order valence-electron chi connectivity index (χ4n) is 0.982. The molecule has 3 N–H and O–H groups in total. The molecule has 0 aromatic heterocycles.